The number of thiol groups is 1. The van der Waals surface area contributed by atoms with Gasteiger partial charge in [-0.15, -0.1) is 0 Å². The summed E-state index contributed by atoms with van der Waals surface area (Å²) in [4.78, 5) is 0. The number of rotatable bonds is 3. The average Bonchev–Trinajstić information content (AvgIpc) is 1.98. The normalized spacial score (nSPS) is 14.5. The van der Waals surface area contributed by atoms with Gasteiger partial charge in [-0.25, -0.2) is 0 Å². The van der Waals surface area contributed by atoms with E-state index in [0.29, 0.717) is 5.25 Å². The first kappa shape index (κ1) is 10.8. The van der Waals surface area contributed by atoms with Crippen LogP contribution in [0.5, 0.6) is 0 Å². The molecule has 0 aromatic heterocycles. The average molecular weight is 170 g/mol. The van der Waals surface area contributed by atoms with Gasteiger partial charge in [0.05, 0.1) is 0 Å². The Morgan fingerprint density at radius 3 is 2.27 bits per heavy atom. The molecule has 1 heteroatoms. The third-order valence-electron chi connectivity index (χ3n) is 1.73. The first-order chi connectivity index (χ1) is 5.07. The lowest BCUT2D eigenvalue weighted by molar-refractivity contribution is 0.991. The minimum absolute atomic E-state index is 0.398. The summed E-state index contributed by atoms with van der Waals surface area (Å²) in [7, 11) is 0. The van der Waals surface area contributed by atoms with E-state index < -0.39 is 0 Å². The van der Waals surface area contributed by atoms with Crippen LogP contribution < -0.4 is 0 Å². The first-order valence-electron chi connectivity index (χ1n) is 4.02. The van der Waals surface area contributed by atoms with Gasteiger partial charge in [0, 0.05) is 5.25 Å². The molecule has 0 saturated carbocycles. The van der Waals surface area contributed by atoms with E-state index in [4.69, 9.17) is 0 Å². The van der Waals surface area contributed by atoms with E-state index in [1.165, 1.54) is 11.1 Å². The molecule has 0 aliphatic carbocycles. The maximum atomic E-state index is 4.47. The van der Waals surface area contributed by atoms with Crippen LogP contribution >= 0.6 is 12.6 Å². The molecule has 11 heavy (non-hydrogen) atoms. The van der Waals surface area contributed by atoms with Crippen molar-refractivity contribution in [3.05, 3.63) is 23.3 Å². The predicted octanol–water partition coefficient (Wildman–Crippen LogP) is 3.61. The Bertz CT molecular complexity index is 162. The van der Waals surface area contributed by atoms with E-state index >= 15 is 0 Å². The molecule has 0 fully saturated rings. The van der Waals surface area contributed by atoms with Crippen LogP contribution in [0.3, 0.4) is 0 Å². The monoisotopic (exact) mass is 170 g/mol. The molecule has 0 aromatic carbocycles. The molecule has 0 rings (SSSR count). The Kier molecular flexibility index (Phi) is 5.39. The van der Waals surface area contributed by atoms with Crippen LogP contribution in [-0.4, -0.2) is 5.25 Å². The Balaban J connectivity index is 3.88. The lowest BCUT2D eigenvalue weighted by atomic mass is 10.1. The van der Waals surface area contributed by atoms with Gasteiger partial charge in [0.1, 0.15) is 0 Å². The molecule has 0 aliphatic heterocycles. The van der Waals surface area contributed by atoms with Gasteiger partial charge in [0.25, 0.3) is 0 Å². The van der Waals surface area contributed by atoms with Gasteiger partial charge in [0.15, 0.2) is 0 Å². The molecule has 0 N–H and O–H groups in total. The summed E-state index contributed by atoms with van der Waals surface area (Å²) in [6, 6.07) is 0. The Labute approximate surface area is 75.8 Å². The summed E-state index contributed by atoms with van der Waals surface area (Å²) in [6.45, 7) is 8.41. The minimum Gasteiger partial charge on any atom is -0.171 e. The zero-order chi connectivity index (χ0) is 8.85. The van der Waals surface area contributed by atoms with Crippen LogP contribution in [0.1, 0.15) is 34.1 Å². The predicted molar refractivity (Wildman–Crippen MR) is 56.3 cm³/mol. The molecule has 0 radical (unpaired) electrons. The van der Waals surface area contributed by atoms with Crippen molar-refractivity contribution >= 4 is 12.6 Å². The maximum absolute atomic E-state index is 4.47. The van der Waals surface area contributed by atoms with Crippen molar-refractivity contribution in [3.8, 4) is 0 Å². The fraction of sp³-hybridized carbons (Fsp3) is 0.600. The number of hydrogen-bond donors (Lipinski definition) is 1. The second-order valence-corrected chi connectivity index (χ2v) is 3.69. The van der Waals surface area contributed by atoms with Gasteiger partial charge in [-0.2, -0.15) is 12.6 Å². The third kappa shape index (κ3) is 5.14. The molecule has 0 spiro atoms. The fourth-order valence-corrected chi connectivity index (χ4v) is 0.980. The summed E-state index contributed by atoms with van der Waals surface area (Å²) >= 11 is 4.47. The maximum Gasteiger partial charge on any atom is 0.0257 e. The smallest absolute Gasteiger partial charge is 0.0257 e. The van der Waals surface area contributed by atoms with Crippen molar-refractivity contribution in [1.29, 1.82) is 0 Å². The third-order valence-corrected chi connectivity index (χ3v) is 2.35. The van der Waals surface area contributed by atoms with Crippen molar-refractivity contribution in [2.75, 3.05) is 0 Å². The number of hydrogen-bond acceptors (Lipinski definition) is 1. The largest absolute Gasteiger partial charge is 0.171 e. The highest BCUT2D eigenvalue weighted by Gasteiger charge is 2.00. The fourth-order valence-electron chi connectivity index (χ4n) is 0.726. The van der Waals surface area contributed by atoms with E-state index in [9.17, 15) is 0 Å². The van der Waals surface area contributed by atoms with Crippen LogP contribution in [0.15, 0.2) is 23.3 Å². The van der Waals surface area contributed by atoms with E-state index in [0.717, 1.165) is 6.42 Å². The minimum atomic E-state index is 0.398. The van der Waals surface area contributed by atoms with Crippen LogP contribution in [0.4, 0.5) is 0 Å². The molecular weight excluding hydrogens is 152 g/mol. The lowest BCUT2D eigenvalue weighted by Crippen LogP contribution is -1.97. The molecule has 64 valence electrons. The van der Waals surface area contributed by atoms with Crippen LogP contribution in [0.2, 0.25) is 0 Å². The van der Waals surface area contributed by atoms with Crippen molar-refractivity contribution in [2.24, 2.45) is 0 Å². The molecule has 1 unspecified atom stereocenters. The standard InChI is InChI=1S/C10H18S/c1-5-9(4)10(11)7-6-8(2)3/h5-6,10-11H,7H2,1-4H3/b9-5+. The van der Waals surface area contributed by atoms with Gasteiger partial charge in [-0.3, -0.25) is 0 Å². The van der Waals surface area contributed by atoms with Crippen LogP contribution in [-0.2, 0) is 0 Å². The summed E-state index contributed by atoms with van der Waals surface area (Å²) in [5.74, 6) is 0. The van der Waals surface area contributed by atoms with Crippen LogP contribution in [0.25, 0.3) is 0 Å². The zero-order valence-corrected chi connectivity index (χ0v) is 8.78. The molecular formula is C10H18S. The first-order valence-corrected chi connectivity index (χ1v) is 4.53. The summed E-state index contributed by atoms with van der Waals surface area (Å²) in [5, 5.41) is 0.398. The van der Waals surface area contributed by atoms with Gasteiger partial charge >= 0.3 is 0 Å². The highest BCUT2D eigenvalue weighted by Crippen LogP contribution is 2.13. The van der Waals surface area contributed by atoms with Gasteiger partial charge in [-0.05, 0) is 34.1 Å². The summed E-state index contributed by atoms with van der Waals surface area (Å²) in [5.41, 5.74) is 2.72. The highest BCUT2D eigenvalue weighted by atomic mass is 32.1. The molecule has 0 bridgehead atoms. The number of allylic oxidation sites excluding steroid dienone is 3. The Morgan fingerprint density at radius 2 is 1.91 bits per heavy atom. The SMILES string of the molecule is C/C=C(\C)C(S)CC=C(C)C. The second kappa shape index (κ2) is 5.48. The Morgan fingerprint density at radius 1 is 1.36 bits per heavy atom. The molecule has 0 aliphatic rings. The molecule has 0 heterocycles. The topological polar surface area (TPSA) is 0 Å². The van der Waals surface area contributed by atoms with Crippen molar-refractivity contribution in [2.45, 2.75) is 39.4 Å². The van der Waals surface area contributed by atoms with Gasteiger partial charge in [0.2, 0.25) is 0 Å². The van der Waals surface area contributed by atoms with Crippen molar-refractivity contribution in [1.82, 2.24) is 0 Å². The van der Waals surface area contributed by atoms with E-state index in [1.54, 1.807) is 0 Å². The van der Waals surface area contributed by atoms with E-state index in [-0.39, 0.29) is 0 Å². The zero-order valence-electron chi connectivity index (χ0n) is 7.89. The second-order valence-electron chi connectivity index (χ2n) is 3.07. The van der Waals surface area contributed by atoms with Gasteiger partial charge in [-0.1, -0.05) is 23.3 Å². The lowest BCUT2D eigenvalue weighted by Gasteiger charge is -2.07. The molecule has 0 aromatic rings. The molecule has 0 nitrogen and oxygen atoms in total. The van der Waals surface area contributed by atoms with Gasteiger partial charge < -0.3 is 0 Å². The molecule has 1 atom stereocenters. The summed E-state index contributed by atoms with van der Waals surface area (Å²) in [6.07, 6.45) is 5.39. The molecule has 0 saturated heterocycles. The van der Waals surface area contributed by atoms with E-state index in [2.05, 4.69) is 52.5 Å². The Hall–Kier alpha value is -0.170. The van der Waals surface area contributed by atoms with E-state index in [1.807, 2.05) is 0 Å². The summed E-state index contributed by atoms with van der Waals surface area (Å²) < 4.78 is 0. The quantitative estimate of drug-likeness (QED) is 0.485. The van der Waals surface area contributed by atoms with Crippen molar-refractivity contribution < 1.29 is 0 Å². The molecule has 0 amide bonds. The van der Waals surface area contributed by atoms with Crippen molar-refractivity contribution in [3.63, 3.8) is 0 Å². The highest BCUT2D eigenvalue weighted by molar-refractivity contribution is 7.81. The van der Waals surface area contributed by atoms with Crippen LogP contribution in [0, 0.1) is 0 Å².